The number of phenolic OH excluding ortho intramolecular Hbond substituents is 2. The van der Waals surface area contributed by atoms with Crippen molar-refractivity contribution in [3.63, 3.8) is 0 Å². The Bertz CT molecular complexity index is 1240. The number of aromatic hydroxyl groups is 2. The Kier molecular flexibility index (Phi) is 6.93. The van der Waals surface area contributed by atoms with Crippen LogP contribution in [0.1, 0.15) is 43.1 Å². The third-order valence-corrected chi connectivity index (χ3v) is 8.02. The van der Waals surface area contributed by atoms with E-state index in [2.05, 4.69) is 41.3 Å². The third-order valence-electron chi connectivity index (χ3n) is 6.85. The number of rotatable bonds is 6. The first kappa shape index (κ1) is 24.0. The first-order chi connectivity index (χ1) is 16.9. The molecule has 0 bridgehead atoms. The fourth-order valence-electron chi connectivity index (χ4n) is 4.86. The van der Waals surface area contributed by atoms with E-state index in [1.807, 2.05) is 36.4 Å². The lowest BCUT2D eigenvalue weighted by Crippen LogP contribution is -2.35. The predicted octanol–water partition coefficient (Wildman–Crippen LogP) is 6.64. The van der Waals surface area contributed by atoms with Crippen LogP contribution in [0, 0.1) is 5.92 Å². The predicted molar refractivity (Wildman–Crippen MR) is 147 cm³/mol. The van der Waals surface area contributed by atoms with E-state index in [1.54, 1.807) is 30.3 Å². The second-order valence-corrected chi connectivity index (χ2v) is 10.7. The molecule has 3 aromatic carbocycles. The second-order valence-electron chi connectivity index (χ2n) is 9.57. The van der Waals surface area contributed by atoms with Crippen molar-refractivity contribution in [1.29, 1.82) is 0 Å². The molecule has 2 aliphatic heterocycles. The Morgan fingerprint density at radius 3 is 2.54 bits per heavy atom. The number of halogens is 1. The van der Waals surface area contributed by atoms with Gasteiger partial charge in [0.05, 0.1) is 0 Å². The molecule has 2 N–H and O–H groups in total. The van der Waals surface area contributed by atoms with Crippen molar-refractivity contribution >= 4 is 31.7 Å². The summed E-state index contributed by atoms with van der Waals surface area (Å²) in [6.45, 7) is 7.48. The topological polar surface area (TPSA) is 62.2 Å². The number of phenols is 2. The zero-order chi connectivity index (χ0) is 24.5. The molecule has 35 heavy (non-hydrogen) atoms. The smallest absolute Gasteiger partial charge is 0.150 e. The van der Waals surface area contributed by atoms with Crippen LogP contribution in [0.2, 0.25) is 0 Å². The average Bonchev–Trinajstić information content (AvgIpc) is 3.29. The van der Waals surface area contributed by atoms with Gasteiger partial charge in [-0.3, -0.25) is 4.90 Å². The molecule has 2 heterocycles. The minimum Gasteiger partial charge on any atom is -0.508 e. The van der Waals surface area contributed by atoms with Gasteiger partial charge >= 0.3 is 0 Å². The molecule has 0 aliphatic carbocycles. The third kappa shape index (κ3) is 5.14. The molecule has 0 aromatic heterocycles. The Morgan fingerprint density at radius 1 is 1.06 bits per heavy atom. The molecule has 6 heteroatoms. The lowest BCUT2D eigenvalue weighted by Gasteiger charge is -2.30. The minimum absolute atomic E-state index is 0.189. The molecule has 5 nitrogen and oxygen atoms in total. The maximum atomic E-state index is 10.1. The van der Waals surface area contributed by atoms with Gasteiger partial charge in [0.25, 0.3) is 0 Å². The van der Waals surface area contributed by atoms with Crippen molar-refractivity contribution in [3.8, 4) is 23.0 Å². The molecule has 2 aliphatic rings. The van der Waals surface area contributed by atoms with E-state index < -0.39 is 0 Å². The van der Waals surface area contributed by atoms with E-state index in [0.29, 0.717) is 12.6 Å². The highest BCUT2D eigenvalue weighted by Gasteiger charge is 2.31. The zero-order valence-corrected chi connectivity index (χ0v) is 22.1. The molecule has 0 amide bonds. The standard InChI is InChI=1S/C29H30INO4/c1-18-12-13-31(16-18)19(2)17-34-24-9-6-20(7-10-24)29-27(21-4-3-5-22(32)14-21)28(30)25-15-23(33)8-11-26(25)35-29/h3-11,14-15,18-19,29,32-33H,12-13,16-17H2,1-2H3. The number of benzene rings is 3. The Labute approximate surface area is 220 Å². The molecule has 3 aromatic rings. The molecule has 182 valence electrons. The Morgan fingerprint density at radius 2 is 1.83 bits per heavy atom. The number of hydrogen-bond acceptors (Lipinski definition) is 5. The summed E-state index contributed by atoms with van der Waals surface area (Å²) in [5.74, 6) is 2.71. The van der Waals surface area contributed by atoms with E-state index in [9.17, 15) is 10.2 Å². The summed E-state index contributed by atoms with van der Waals surface area (Å²) in [4.78, 5) is 2.50. The van der Waals surface area contributed by atoms with Crippen molar-refractivity contribution in [1.82, 2.24) is 4.90 Å². The second kappa shape index (κ2) is 10.1. The molecular formula is C29H30INO4. The summed E-state index contributed by atoms with van der Waals surface area (Å²) in [5, 5.41) is 20.2. The lowest BCUT2D eigenvalue weighted by atomic mass is 9.90. The highest BCUT2D eigenvalue weighted by Crippen LogP contribution is 2.50. The van der Waals surface area contributed by atoms with Gasteiger partial charge in [0.1, 0.15) is 29.6 Å². The Balaban J connectivity index is 1.41. The summed E-state index contributed by atoms with van der Waals surface area (Å²) in [5.41, 5.74) is 3.66. The maximum absolute atomic E-state index is 10.1. The van der Waals surface area contributed by atoms with Crippen LogP contribution < -0.4 is 9.47 Å². The fourth-order valence-corrected chi connectivity index (χ4v) is 5.87. The van der Waals surface area contributed by atoms with Crippen LogP contribution in [-0.2, 0) is 0 Å². The van der Waals surface area contributed by atoms with Crippen molar-refractivity contribution in [2.45, 2.75) is 32.4 Å². The normalized spacial score (nSPS) is 20.9. The summed E-state index contributed by atoms with van der Waals surface area (Å²) in [7, 11) is 0. The average molecular weight is 583 g/mol. The van der Waals surface area contributed by atoms with E-state index in [0.717, 1.165) is 56.3 Å². The minimum atomic E-state index is -0.361. The van der Waals surface area contributed by atoms with Crippen molar-refractivity contribution in [2.75, 3.05) is 19.7 Å². The van der Waals surface area contributed by atoms with Gasteiger partial charge in [-0.2, -0.15) is 0 Å². The molecular weight excluding hydrogens is 553 g/mol. The SMILES string of the molecule is CC1CCN(C(C)COc2ccc(C3Oc4ccc(O)cc4C(I)=C3c3cccc(O)c3)cc2)C1. The van der Waals surface area contributed by atoms with Gasteiger partial charge in [-0.25, -0.2) is 0 Å². The van der Waals surface area contributed by atoms with E-state index >= 15 is 0 Å². The van der Waals surface area contributed by atoms with Crippen LogP contribution >= 0.6 is 22.6 Å². The number of nitrogens with zero attached hydrogens (tertiary/aromatic N) is 1. The summed E-state index contributed by atoms with van der Waals surface area (Å²) in [6.07, 6.45) is 0.900. The quantitative estimate of drug-likeness (QED) is 0.319. The first-order valence-electron chi connectivity index (χ1n) is 12.0. The van der Waals surface area contributed by atoms with Crippen LogP contribution in [0.4, 0.5) is 0 Å². The van der Waals surface area contributed by atoms with Crippen LogP contribution in [0.15, 0.2) is 66.7 Å². The molecule has 0 spiro atoms. The van der Waals surface area contributed by atoms with Gasteiger partial charge in [-0.1, -0.05) is 31.2 Å². The van der Waals surface area contributed by atoms with Gasteiger partial charge in [0.15, 0.2) is 6.10 Å². The maximum Gasteiger partial charge on any atom is 0.150 e. The molecule has 0 saturated carbocycles. The summed E-state index contributed by atoms with van der Waals surface area (Å²) < 4.78 is 13.6. The molecule has 3 unspecified atom stereocenters. The molecule has 0 radical (unpaired) electrons. The Hall–Kier alpha value is -2.71. The summed E-state index contributed by atoms with van der Waals surface area (Å²) >= 11 is 2.31. The van der Waals surface area contributed by atoms with Crippen LogP contribution in [0.5, 0.6) is 23.0 Å². The van der Waals surface area contributed by atoms with Gasteiger partial charge in [0.2, 0.25) is 0 Å². The first-order valence-corrected chi connectivity index (χ1v) is 13.1. The molecule has 1 saturated heterocycles. The van der Waals surface area contributed by atoms with Crippen molar-refractivity contribution in [3.05, 3.63) is 83.4 Å². The van der Waals surface area contributed by atoms with Gasteiger partial charge in [-0.05, 0) is 102 Å². The highest BCUT2D eigenvalue weighted by atomic mass is 127. The fraction of sp³-hybridized carbons (Fsp3) is 0.310. The largest absolute Gasteiger partial charge is 0.508 e. The van der Waals surface area contributed by atoms with Crippen LogP contribution in [0.3, 0.4) is 0 Å². The van der Waals surface area contributed by atoms with Crippen molar-refractivity contribution < 1.29 is 19.7 Å². The van der Waals surface area contributed by atoms with Crippen molar-refractivity contribution in [2.24, 2.45) is 5.92 Å². The highest BCUT2D eigenvalue weighted by molar-refractivity contribution is 14.1. The number of ether oxygens (including phenoxy) is 2. The molecule has 1 fully saturated rings. The molecule has 5 rings (SSSR count). The van der Waals surface area contributed by atoms with Crippen LogP contribution in [0.25, 0.3) is 9.15 Å². The number of likely N-dealkylation sites (tertiary alicyclic amines) is 1. The van der Waals surface area contributed by atoms with E-state index in [-0.39, 0.29) is 17.6 Å². The van der Waals surface area contributed by atoms with E-state index in [1.165, 1.54) is 6.42 Å². The lowest BCUT2D eigenvalue weighted by molar-refractivity contribution is 0.169. The molecule has 3 atom stereocenters. The monoisotopic (exact) mass is 583 g/mol. The number of hydrogen-bond donors (Lipinski definition) is 2. The zero-order valence-electron chi connectivity index (χ0n) is 19.9. The van der Waals surface area contributed by atoms with Crippen LogP contribution in [-0.4, -0.2) is 40.9 Å². The van der Waals surface area contributed by atoms with Gasteiger partial charge in [0, 0.05) is 27.3 Å². The van der Waals surface area contributed by atoms with E-state index in [4.69, 9.17) is 9.47 Å². The van der Waals surface area contributed by atoms with Gasteiger partial charge < -0.3 is 19.7 Å². The van der Waals surface area contributed by atoms with Gasteiger partial charge in [-0.15, -0.1) is 0 Å². The number of fused-ring (bicyclic) bond motifs is 1. The summed E-state index contributed by atoms with van der Waals surface area (Å²) in [6, 6.07) is 20.8.